The third-order valence-electron chi connectivity index (χ3n) is 5.73. The zero-order valence-corrected chi connectivity index (χ0v) is 17.4. The van der Waals surface area contributed by atoms with E-state index in [1.807, 2.05) is 0 Å². The topological polar surface area (TPSA) is 33.7 Å². The van der Waals surface area contributed by atoms with Crippen LogP contribution in [0.4, 0.5) is 17.6 Å². The van der Waals surface area contributed by atoms with Gasteiger partial charge in [-0.2, -0.15) is 13.2 Å². The molecule has 1 aliphatic carbocycles. The number of quaternary nitrogens is 1. The molecule has 0 unspecified atom stereocenters. The van der Waals surface area contributed by atoms with E-state index in [4.69, 9.17) is 0 Å². The maximum atomic E-state index is 12.9. The van der Waals surface area contributed by atoms with Crippen molar-refractivity contribution in [3.8, 4) is 0 Å². The van der Waals surface area contributed by atoms with Gasteiger partial charge in [0.25, 0.3) is 0 Å². The van der Waals surface area contributed by atoms with Gasteiger partial charge in [-0.25, -0.2) is 4.39 Å². The monoisotopic (exact) mass is 443 g/mol. The smallest absolute Gasteiger partial charge is 0.416 e. The fourth-order valence-electron chi connectivity index (χ4n) is 4.05. The highest BCUT2D eigenvalue weighted by Gasteiger charge is 2.31. The average Bonchev–Trinajstić information content (AvgIpc) is 2.71. The normalized spacial score (nSPS) is 19.2. The minimum Gasteiger partial charge on any atom is -1.00 e. The number of ketones is 1. The zero-order chi connectivity index (χ0) is 20.9. The van der Waals surface area contributed by atoms with Crippen LogP contribution in [0.2, 0.25) is 0 Å². The van der Waals surface area contributed by atoms with Gasteiger partial charge < -0.3 is 17.7 Å². The molecule has 0 atom stereocenters. The Balaban J connectivity index is 0.00000320. The molecule has 1 aliphatic rings. The van der Waals surface area contributed by atoms with Crippen LogP contribution in [0.1, 0.15) is 65.9 Å². The molecule has 1 saturated carbocycles. The molecule has 0 amide bonds. The number of hydrogen-bond donors (Lipinski definition) is 1. The Morgan fingerprint density at radius 2 is 1.67 bits per heavy atom. The molecule has 3 rings (SSSR count). The van der Waals surface area contributed by atoms with Crippen molar-refractivity contribution in [1.29, 1.82) is 0 Å². The Morgan fingerprint density at radius 1 is 1.00 bits per heavy atom. The molecule has 2 aromatic rings. The summed E-state index contributed by atoms with van der Waals surface area (Å²) in [5, 5.41) is 2.25. The predicted octanol–water partition coefficient (Wildman–Crippen LogP) is 2.10. The lowest BCUT2D eigenvalue weighted by atomic mass is 9.81. The predicted molar refractivity (Wildman–Crippen MR) is 103 cm³/mol. The van der Waals surface area contributed by atoms with Crippen LogP contribution in [-0.2, 0) is 6.18 Å². The molecule has 30 heavy (non-hydrogen) atoms. The highest BCUT2D eigenvalue weighted by atomic mass is 35.5. The van der Waals surface area contributed by atoms with Gasteiger partial charge in [0.1, 0.15) is 5.82 Å². The van der Waals surface area contributed by atoms with Gasteiger partial charge in [0.2, 0.25) is 0 Å². The van der Waals surface area contributed by atoms with E-state index in [0.29, 0.717) is 18.0 Å². The molecular formula is C23H26ClF4NO. The number of carbonyl (C=O) groups is 1. The van der Waals surface area contributed by atoms with Crippen LogP contribution in [0.15, 0.2) is 48.5 Å². The Kier molecular flexibility index (Phi) is 8.86. The molecular weight excluding hydrogens is 418 g/mol. The molecule has 0 bridgehead atoms. The number of halogens is 5. The number of rotatable bonds is 7. The van der Waals surface area contributed by atoms with Crippen LogP contribution in [-0.4, -0.2) is 18.4 Å². The van der Waals surface area contributed by atoms with Crippen molar-refractivity contribution >= 4 is 5.78 Å². The first-order valence-corrected chi connectivity index (χ1v) is 10.1. The number of nitrogens with two attached hydrogens (primary N) is 1. The lowest BCUT2D eigenvalue weighted by molar-refractivity contribution is -0.692. The third-order valence-corrected chi connectivity index (χ3v) is 5.73. The minimum atomic E-state index is -4.30. The first-order valence-electron chi connectivity index (χ1n) is 10.1. The van der Waals surface area contributed by atoms with Crippen LogP contribution >= 0.6 is 0 Å². The van der Waals surface area contributed by atoms with Crippen LogP contribution in [0.3, 0.4) is 0 Å². The summed E-state index contributed by atoms with van der Waals surface area (Å²) in [6.45, 7) is 0.839. The Hall–Kier alpha value is -1.92. The van der Waals surface area contributed by atoms with Crippen molar-refractivity contribution in [2.45, 2.75) is 56.7 Å². The molecule has 164 valence electrons. The molecule has 0 saturated heterocycles. The second-order valence-corrected chi connectivity index (χ2v) is 7.79. The molecule has 0 aliphatic heterocycles. The molecule has 2 N–H and O–H groups in total. The fraction of sp³-hybridized carbons (Fsp3) is 0.435. The highest BCUT2D eigenvalue weighted by molar-refractivity contribution is 5.95. The van der Waals surface area contributed by atoms with Crippen molar-refractivity contribution in [3.63, 3.8) is 0 Å². The average molecular weight is 444 g/mol. The first kappa shape index (κ1) is 24.4. The third kappa shape index (κ3) is 6.81. The van der Waals surface area contributed by atoms with E-state index in [1.165, 1.54) is 36.4 Å². The Labute approximate surface area is 180 Å². The number of alkyl halides is 3. The van der Waals surface area contributed by atoms with E-state index in [-0.39, 0.29) is 29.9 Å². The number of Topliss-reactive ketones (excluding diaryl/α,β-unsaturated/α-hetero) is 1. The standard InChI is InChI=1S/C23H25F4NO.ClH/c24-20-10-6-17(7-11-20)22(29)5-2-14-28-21-12-8-16(9-13-21)18-3-1-4-19(15-18)23(25,26)27;/h1,3-4,6-7,10-11,15-16,21,28H,2,5,8-9,12-14H2;1H. The first-order chi connectivity index (χ1) is 13.8. The quantitative estimate of drug-likeness (QED) is 0.397. The van der Waals surface area contributed by atoms with Crippen LogP contribution < -0.4 is 17.7 Å². The summed E-state index contributed by atoms with van der Waals surface area (Å²) < 4.78 is 51.6. The molecule has 0 aromatic heterocycles. The SMILES string of the molecule is O=C(CCC[NH2+]C1CCC(c2cccc(C(F)(F)F)c2)CC1)c1ccc(F)cc1.[Cl-]. The van der Waals surface area contributed by atoms with Crippen molar-refractivity contribution in [3.05, 3.63) is 71.0 Å². The maximum Gasteiger partial charge on any atom is 0.416 e. The second-order valence-electron chi connectivity index (χ2n) is 7.79. The Bertz CT molecular complexity index is 815. The minimum absolute atomic E-state index is 0. The largest absolute Gasteiger partial charge is 1.00 e. The molecule has 0 radical (unpaired) electrons. The molecule has 0 heterocycles. The Morgan fingerprint density at radius 3 is 2.30 bits per heavy atom. The summed E-state index contributed by atoms with van der Waals surface area (Å²) in [5.41, 5.74) is 0.741. The second kappa shape index (κ2) is 10.9. The van der Waals surface area contributed by atoms with Gasteiger partial charge in [-0.05, 0) is 67.5 Å². The van der Waals surface area contributed by atoms with Gasteiger partial charge in [0.05, 0.1) is 18.2 Å². The zero-order valence-electron chi connectivity index (χ0n) is 16.6. The van der Waals surface area contributed by atoms with Gasteiger partial charge in [-0.3, -0.25) is 4.79 Å². The van der Waals surface area contributed by atoms with Crippen molar-refractivity contribution in [2.75, 3.05) is 6.54 Å². The van der Waals surface area contributed by atoms with Gasteiger partial charge in [-0.15, -0.1) is 0 Å². The van der Waals surface area contributed by atoms with E-state index in [1.54, 1.807) is 6.07 Å². The van der Waals surface area contributed by atoms with Crippen molar-refractivity contribution in [2.24, 2.45) is 0 Å². The van der Waals surface area contributed by atoms with Crippen LogP contribution in [0.25, 0.3) is 0 Å². The van der Waals surface area contributed by atoms with E-state index >= 15 is 0 Å². The summed E-state index contributed by atoms with van der Waals surface area (Å²) in [6.07, 6.45) is 0.589. The summed E-state index contributed by atoms with van der Waals surface area (Å²) in [7, 11) is 0. The molecule has 2 aromatic carbocycles. The van der Waals surface area contributed by atoms with E-state index in [0.717, 1.165) is 50.3 Å². The number of benzene rings is 2. The summed E-state index contributed by atoms with van der Waals surface area (Å²) >= 11 is 0. The van der Waals surface area contributed by atoms with Crippen LogP contribution in [0.5, 0.6) is 0 Å². The van der Waals surface area contributed by atoms with Gasteiger partial charge in [0.15, 0.2) is 5.78 Å². The van der Waals surface area contributed by atoms with E-state index in [2.05, 4.69) is 5.32 Å². The van der Waals surface area contributed by atoms with E-state index < -0.39 is 11.7 Å². The summed E-state index contributed by atoms with van der Waals surface area (Å²) in [6, 6.07) is 11.8. The lowest BCUT2D eigenvalue weighted by Crippen LogP contribution is -3.00. The molecule has 0 spiro atoms. The van der Waals surface area contributed by atoms with E-state index in [9.17, 15) is 22.4 Å². The molecule has 2 nitrogen and oxygen atoms in total. The van der Waals surface area contributed by atoms with Crippen LogP contribution in [0, 0.1) is 5.82 Å². The highest BCUT2D eigenvalue weighted by Crippen LogP contribution is 2.35. The lowest BCUT2D eigenvalue weighted by Gasteiger charge is -2.27. The van der Waals surface area contributed by atoms with Gasteiger partial charge in [-0.1, -0.05) is 18.2 Å². The fourth-order valence-corrected chi connectivity index (χ4v) is 4.05. The van der Waals surface area contributed by atoms with Crippen molar-refractivity contribution in [1.82, 2.24) is 0 Å². The summed E-state index contributed by atoms with van der Waals surface area (Å²) in [5.74, 6) is -0.149. The summed E-state index contributed by atoms with van der Waals surface area (Å²) in [4.78, 5) is 12.1. The van der Waals surface area contributed by atoms with Gasteiger partial charge >= 0.3 is 6.18 Å². The maximum absolute atomic E-state index is 12.9. The van der Waals surface area contributed by atoms with Gasteiger partial charge in [0, 0.05) is 18.4 Å². The molecule has 1 fully saturated rings. The van der Waals surface area contributed by atoms with Crippen molar-refractivity contribution < 1.29 is 40.1 Å². The number of hydrogen-bond acceptors (Lipinski definition) is 1. The molecule has 7 heteroatoms. The number of carbonyl (C=O) groups excluding carboxylic acids is 1.